The Labute approximate surface area is 113 Å². The highest BCUT2D eigenvalue weighted by Crippen LogP contribution is 2.43. The zero-order valence-corrected chi connectivity index (χ0v) is 11.3. The number of hydrogen-bond donors (Lipinski definition) is 0. The van der Waals surface area contributed by atoms with Crippen molar-refractivity contribution in [1.29, 1.82) is 0 Å². The molecule has 0 saturated carbocycles. The number of carbonyl (C=O) groups excluding carboxylic acids is 1. The number of hydrogen-bond acceptors (Lipinski definition) is 3. The van der Waals surface area contributed by atoms with E-state index >= 15 is 0 Å². The molecule has 2 aliphatic rings. The standard InChI is InChI=1S/C16H18O3/c1-15-9-6-10-16(2,19-15)14(13(15)17)18-11-12-7-4-3-5-8-12/h3-8,10,14H,9,11H2,1-2H3/t14-,15-,16-/m0/s1. The highest BCUT2D eigenvalue weighted by Gasteiger charge is 2.59. The Hall–Kier alpha value is -1.45. The number of rotatable bonds is 3. The Kier molecular flexibility index (Phi) is 2.84. The molecule has 3 atom stereocenters. The molecule has 0 aliphatic carbocycles. The van der Waals surface area contributed by atoms with Crippen LogP contribution in [-0.2, 0) is 20.9 Å². The highest BCUT2D eigenvalue weighted by molar-refractivity contribution is 5.95. The first kappa shape index (κ1) is 12.6. The molecule has 1 fully saturated rings. The zero-order valence-electron chi connectivity index (χ0n) is 11.3. The molecule has 3 nitrogen and oxygen atoms in total. The van der Waals surface area contributed by atoms with Crippen molar-refractivity contribution in [1.82, 2.24) is 0 Å². The summed E-state index contributed by atoms with van der Waals surface area (Å²) in [6.07, 6.45) is 4.09. The van der Waals surface area contributed by atoms with Crippen LogP contribution in [0.4, 0.5) is 0 Å². The predicted molar refractivity (Wildman–Crippen MR) is 71.7 cm³/mol. The summed E-state index contributed by atoms with van der Waals surface area (Å²) in [6, 6.07) is 9.88. The van der Waals surface area contributed by atoms with E-state index in [1.54, 1.807) is 0 Å². The molecular formula is C16H18O3. The lowest BCUT2D eigenvalue weighted by Crippen LogP contribution is -2.39. The summed E-state index contributed by atoms with van der Waals surface area (Å²) in [5, 5.41) is 0. The van der Waals surface area contributed by atoms with E-state index in [-0.39, 0.29) is 5.78 Å². The van der Waals surface area contributed by atoms with Crippen molar-refractivity contribution in [3.63, 3.8) is 0 Å². The minimum atomic E-state index is -0.717. The highest BCUT2D eigenvalue weighted by atomic mass is 16.6. The Morgan fingerprint density at radius 2 is 2.05 bits per heavy atom. The Morgan fingerprint density at radius 1 is 1.32 bits per heavy atom. The van der Waals surface area contributed by atoms with E-state index in [1.165, 1.54) is 0 Å². The minimum Gasteiger partial charge on any atom is -0.362 e. The molecule has 3 heteroatoms. The van der Waals surface area contributed by atoms with Crippen molar-refractivity contribution < 1.29 is 14.3 Å². The van der Waals surface area contributed by atoms with Crippen LogP contribution in [0.25, 0.3) is 0 Å². The van der Waals surface area contributed by atoms with Gasteiger partial charge in [0.25, 0.3) is 0 Å². The van der Waals surface area contributed by atoms with Crippen molar-refractivity contribution >= 4 is 5.78 Å². The molecule has 1 aromatic rings. The van der Waals surface area contributed by atoms with Crippen molar-refractivity contribution in [3.05, 3.63) is 48.0 Å². The lowest BCUT2D eigenvalue weighted by Gasteiger charge is -2.31. The van der Waals surface area contributed by atoms with Crippen molar-refractivity contribution in [3.8, 4) is 0 Å². The van der Waals surface area contributed by atoms with Gasteiger partial charge in [0.2, 0.25) is 0 Å². The Morgan fingerprint density at radius 3 is 2.74 bits per heavy atom. The maximum Gasteiger partial charge on any atom is 0.196 e. The third kappa shape index (κ3) is 2.03. The quantitative estimate of drug-likeness (QED) is 0.782. The Balaban J connectivity index is 1.78. The molecule has 0 unspecified atom stereocenters. The minimum absolute atomic E-state index is 0.0518. The summed E-state index contributed by atoms with van der Waals surface area (Å²) < 4.78 is 11.8. The smallest absolute Gasteiger partial charge is 0.196 e. The number of fused-ring (bicyclic) bond motifs is 2. The van der Waals surface area contributed by atoms with Crippen LogP contribution in [0.2, 0.25) is 0 Å². The fraction of sp³-hybridized carbons (Fsp3) is 0.438. The molecule has 19 heavy (non-hydrogen) atoms. The van der Waals surface area contributed by atoms with Crippen LogP contribution in [0.1, 0.15) is 25.8 Å². The number of Topliss-reactive ketones (excluding diaryl/α,β-unsaturated/α-hetero) is 1. The van der Waals surface area contributed by atoms with Crippen LogP contribution in [0.5, 0.6) is 0 Å². The van der Waals surface area contributed by atoms with Gasteiger partial charge >= 0.3 is 0 Å². The van der Waals surface area contributed by atoms with Gasteiger partial charge in [0.05, 0.1) is 6.61 Å². The maximum atomic E-state index is 12.4. The molecule has 2 heterocycles. The molecule has 2 bridgehead atoms. The molecule has 0 aromatic heterocycles. The van der Waals surface area contributed by atoms with Crippen molar-refractivity contribution in [2.24, 2.45) is 0 Å². The van der Waals surface area contributed by atoms with Crippen LogP contribution in [0.3, 0.4) is 0 Å². The molecule has 1 saturated heterocycles. The topological polar surface area (TPSA) is 35.5 Å². The van der Waals surface area contributed by atoms with Gasteiger partial charge in [-0.25, -0.2) is 0 Å². The van der Waals surface area contributed by atoms with E-state index in [1.807, 2.05) is 56.3 Å². The first-order chi connectivity index (χ1) is 9.04. The second-order valence-electron chi connectivity index (χ2n) is 5.66. The van der Waals surface area contributed by atoms with Crippen LogP contribution < -0.4 is 0 Å². The first-order valence-electron chi connectivity index (χ1n) is 6.61. The summed E-state index contributed by atoms with van der Waals surface area (Å²) in [4.78, 5) is 12.4. The van der Waals surface area contributed by atoms with Gasteiger partial charge in [-0.2, -0.15) is 0 Å². The first-order valence-corrected chi connectivity index (χ1v) is 6.61. The molecule has 0 N–H and O–H groups in total. The third-order valence-corrected chi connectivity index (χ3v) is 3.94. The molecule has 2 aliphatic heterocycles. The SMILES string of the molecule is C[C@@]12CC=C[C@](C)(O1)[C@@H](OCc1ccccc1)C2=O. The van der Waals surface area contributed by atoms with Gasteiger partial charge in [-0.15, -0.1) is 0 Å². The number of ether oxygens (including phenoxy) is 2. The maximum absolute atomic E-state index is 12.4. The zero-order chi connectivity index (χ0) is 13.5. The molecule has 0 radical (unpaired) electrons. The van der Waals surface area contributed by atoms with E-state index in [0.29, 0.717) is 13.0 Å². The van der Waals surface area contributed by atoms with Crippen LogP contribution in [0.15, 0.2) is 42.5 Å². The van der Waals surface area contributed by atoms with Gasteiger partial charge in [-0.1, -0.05) is 42.5 Å². The lowest BCUT2D eigenvalue weighted by atomic mass is 9.95. The van der Waals surface area contributed by atoms with Gasteiger partial charge in [0, 0.05) is 6.42 Å². The van der Waals surface area contributed by atoms with E-state index in [0.717, 1.165) is 5.56 Å². The normalized spacial score (nSPS) is 36.7. The van der Waals surface area contributed by atoms with Gasteiger partial charge in [0.1, 0.15) is 11.2 Å². The Bertz CT molecular complexity index is 522. The van der Waals surface area contributed by atoms with Crippen LogP contribution in [-0.4, -0.2) is 23.1 Å². The lowest BCUT2D eigenvalue weighted by molar-refractivity contribution is -0.135. The fourth-order valence-corrected chi connectivity index (χ4v) is 2.90. The summed E-state index contributed by atoms with van der Waals surface area (Å²) in [5.74, 6) is 0.0518. The van der Waals surface area contributed by atoms with Crippen molar-refractivity contribution in [2.75, 3.05) is 0 Å². The van der Waals surface area contributed by atoms with E-state index in [4.69, 9.17) is 9.47 Å². The second kappa shape index (κ2) is 4.29. The van der Waals surface area contributed by atoms with E-state index < -0.39 is 17.3 Å². The van der Waals surface area contributed by atoms with Gasteiger partial charge in [-0.05, 0) is 19.4 Å². The van der Waals surface area contributed by atoms with E-state index in [2.05, 4.69) is 0 Å². The monoisotopic (exact) mass is 258 g/mol. The average molecular weight is 258 g/mol. The molecule has 0 spiro atoms. The average Bonchev–Trinajstić information content (AvgIpc) is 2.51. The van der Waals surface area contributed by atoms with E-state index in [9.17, 15) is 4.79 Å². The van der Waals surface area contributed by atoms with Gasteiger partial charge in [0.15, 0.2) is 11.9 Å². The summed E-state index contributed by atoms with van der Waals surface area (Å²) in [7, 11) is 0. The largest absolute Gasteiger partial charge is 0.362 e. The predicted octanol–water partition coefficient (Wildman–Crippen LogP) is 2.65. The molecular weight excluding hydrogens is 240 g/mol. The third-order valence-electron chi connectivity index (χ3n) is 3.94. The summed E-state index contributed by atoms with van der Waals surface area (Å²) >= 11 is 0. The summed E-state index contributed by atoms with van der Waals surface area (Å²) in [5.41, 5.74) is -0.279. The van der Waals surface area contributed by atoms with Crippen LogP contribution in [0, 0.1) is 0 Å². The van der Waals surface area contributed by atoms with Gasteiger partial charge in [-0.3, -0.25) is 4.79 Å². The fourth-order valence-electron chi connectivity index (χ4n) is 2.90. The molecule has 1 aromatic carbocycles. The molecule has 0 amide bonds. The second-order valence-corrected chi connectivity index (χ2v) is 5.66. The number of carbonyl (C=O) groups is 1. The van der Waals surface area contributed by atoms with Crippen LogP contribution >= 0.6 is 0 Å². The number of benzene rings is 1. The molecule has 100 valence electrons. The molecule has 3 rings (SSSR count). The van der Waals surface area contributed by atoms with Crippen molar-refractivity contribution in [2.45, 2.75) is 44.2 Å². The van der Waals surface area contributed by atoms with Gasteiger partial charge < -0.3 is 9.47 Å². The number of ketones is 1. The summed E-state index contributed by atoms with van der Waals surface area (Å²) in [6.45, 7) is 4.20.